The van der Waals surface area contributed by atoms with E-state index < -0.39 is 11.9 Å². The number of ether oxygens (including phenoxy) is 1. The van der Waals surface area contributed by atoms with E-state index in [0.29, 0.717) is 16.9 Å². The van der Waals surface area contributed by atoms with E-state index in [4.69, 9.17) is 9.84 Å². The quantitative estimate of drug-likeness (QED) is 0.524. The Balaban J connectivity index is 2.04. The lowest BCUT2D eigenvalue weighted by Crippen LogP contribution is -2.08. The first-order chi connectivity index (χ1) is 9.65. The van der Waals surface area contributed by atoms with E-state index in [2.05, 4.69) is 4.98 Å². The van der Waals surface area contributed by atoms with Crippen molar-refractivity contribution in [2.45, 2.75) is 0 Å². The first-order valence-corrected chi connectivity index (χ1v) is 5.78. The number of aromatic nitrogens is 1. The van der Waals surface area contributed by atoms with Crippen molar-refractivity contribution in [1.29, 1.82) is 0 Å². The highest BCUT2D eigenvalue weighted by Crippen LogP contribution is 2.14. The third kappa shape index (κ3) is 3.78. The maximum atomic E-state index is 11.8. The molecule has 1 aromatic heterocycles. The lowest BCUT2D eigenvalue weighted by molar-refractivity contribution is -0.131. The summed E-state index contributed by atoms with van der Waals surface area (Å²) in [5.74, 6) is -1.13. The van der Waals surface area contributed by atoms with Gasteiger partial charge < -0.3 is 9.84 Å². The van der Waals surface area contributed by atoms with Crippen LogP contribution in [0.4, 0.5) is 0 Å². The molecule has 1 heterocycles. The molecule has 0 aliphatic rings. The number of hydrogen-bond donors (Lipinski definition) is 1. The summed E-state index contributed by atoms with van der Waals surface area (Å²) in [7, 11) is 0. The van der Waals surface area contributed by atoms with Gasteiger partial charge in [0.05, 0.1) is 5.56 Å². The number of carbonyl (C=O) groups is 2. The lowest BCUT2D eigenvalue weighted by atomic mass is 10.2. The number of carboxylic acid groups (broad SMARTS) is 1. The summed E-state index contributed by atoms with van der Waals surface area (Å²) in [6.07, 6.45) is 5.48. The molecule has 20 heavy (non-hydrogen) atoms. The molecule has 1 N–H and O–H groups in total. The predicted molar refractivity (Wildman–Crippen MR) is 72.3 cm³/mol. The van der Waals surface area contributed by atoms with E-state index in [1.165, 1.54) is 12.3 Å². The Hall–Kier alpha value is -2.95. The maximum absolute atomic E-state index is 11.8. The molecule has 0 amide bonds. The number of rotatable bonds is 4. The third-order valence-electron chi connectivity index (χ3n) is 2.41. The van der Waals surface area contributed by atoms with Crippen LogP contribution in [0, 0.1) is 0 Å². The van der Waals surface area contributed by atoms with E-state index in [1.54, 1.807) is 42.6 Å². The van der Waals surface area contributed by atoms with Crippen LogP contribution in [0.5, 0.6) is 5.75 Å². The Labute approximate surface area is 115 Å². The standard InChI is InChI=1S/C15H11NO4/c17-14(18)8-5-11-3-6-13(7-4-11)20-15(19)12-2-1-9-16-10-12/h1-10H,(H,17,18). The zero-order chi connectivity index (χ0) is 14.4. The molecule has 2 rings (SSSR count). The van der Waals surface area contributed by atoms with Crippen LogP contribution in [0.3, 0.4) is 0 Å². The second kappa shape index (κ2) is 6.29. The van der Waals surface area contributed by atoms with Crippen molar-refractivity contribution < 1.29 is 19.4 Å². The van der Waals surface area contributed by atoms with Gasteiger partial charge in [-0.15, -0.1) is 0 Å². The molecule has 0 saturated carbocycles. The Kier molecular flexibility index (Phi) is 4.24. The number of hydrogen-bond acceptors (Lipinski definition) is 4. The fourth-order valence-corrected chi connectivity index (χ4v) is 1.46. The fraction of sp³-hybridized carbons (Fsp3) is 0. The first-order valence-electron chi connectivity index (χ1n) is 5.78. The highest BCUT2D eigenvalue weighted by atomic mass is 16.5. The molecule has 0 unspecified atom stereocenters. The molecule has 100 valence electrons. The maximum Gasteiger partial charge on any atom is 0.345 e. The highest BCUT2D eigenvalue weighted by Gasteiger charge is 2.07. The van der Waals surface area contributed by atoms with Crippen molar-refractivity contribution in [1.82, 2.24) is 4.98 Å². The topological polar surface area (TPSA) is 76.5 Å². The normalized spacial score (nSPS) is 10.4. The third-order valence-corrected chi connectivity index (χ3v) is 2.41. The second-order valence-electron chi connectivity index (χ2n) is 3.87. The van der Waals surface area contributed by atoms with Crippen LogP contribution >= 0.6 is 0 Å². The van der Waals surface area contributed by atoms with Crippen LogP contribution < -0.4 is 4.74 Å². The van der Waals surface area contributed by atoms with Gasteiger partial charge in [-0.1, -0.05) is 12.1 Å². The Bertz CT molecular complexity index is 633. The Morgan fingerprint density at radius 3 is 2.50 bits per heavy atom. The van der Waals surface area contributed by atoms with Gasteiger partial charge in [0.2, 0.25) is 0 Å². The van der Waals surface area contributed by atoms with Crippen LogP contribution in [0.25, 0.3) is 6.08 Å². The van der Waals surface area contributed by atoms with E-state index in [-0.39, 0.29) is 0 Å². The van der Waals surface area contributed by atoms with Crippen LogP contribution in [0.2, 0.25) is 0 Å². The highest BCUT2D eigenvalue weighted by molar-refractivity contribution is 5.90. The zero-order valence-electron chi connectivity index (χ0n) is 10.4. The molecular formula is C15H11NO4. The van der Waals surface area contributed by atoms with Gasteiger partial charge in [-0.05, 0) is 35.9 Å². The monoisotopic (exact) mass is 269 g/mol. The molecular weight excluding hydrogens is 258 g/mol. The minimum absolute atomic E-state index is 0.363. The Morgan fingerprint density at radius 1 is 1.15 bits per heavy atom. The number of benzene rings is 1. The van der Waals surface area contributed by atoms with Crippen LogP contribution in [0.1, 0.15) is 15.9 Å². The zero-order valence-corrected chi connectivity index (χ0v) is 10.4. The van der Waals surface area contributed by atoms with E-state index in [9.17, 15) is 9.59 Å². The number of aliphatic carboxylic acids is 1. The molecule has 0 spiro atoms. The number of esters is 1. The van der Waals surface area contributed by atoms with Crippen LogP contribution in [-0.2, 0) is 4.79 Å². The van der Waals surface area contributed by atoms with Gasteiger partial charge in [-0.25, -0.2) is 9.59 Å². The summed E-state index contributed by atoms with van der Waals surface area (Å²) in [5.41, 5.74) is 1.07. The summed E-state index contributed by atoms with van der Waals surface area (Å²) in [6.45, 7) is 0. The first kappa shape index (κ1) is 13.5. The molecule has 0 radical (unpaired) electrons. The molecule has 0 fully saturated rings. The molecule has 5 heteroatoms. The minimum Gasteiger partial charge on any atom is -0.478 e. The van der Waals surface area contributed by atoms with Crippen LogP contribution in [0.15, 0.2) is 54.9 Å². The summed E-state index contributed by atoms with van der Waals surface area (Å²) >= 11 is 0. The van der Waals surface area contributed by atoms with Crippen molar-refractivity contribution >= 4 is 18.0 Å². The largest absolute Gasteiger partial charge is 0.478 e. The van der Waals surface area contributed by atoms with Gasteiger partial charge in [0.15, 0.2) is 0 Å². The second-order valence-corrected chi connectivity index (χ2v) is 3.87. The predicted octanol–water partition coefficient (Wildman–Crippen LogP) is 2.40. The SMILES string of the molecule is O=C(O)C=Cc1ccc(OC(=O)c2cccnc2)cc1. The number of carbonyl (C=O) groups excluding carboxylic acids is 1. The molecule has 0 aliphatic heterocycles. The van der Waals surface area contributed by atoms with Gasteiger partial charge >= 0.3 is 11.9 Å². The van der Waals surface area contributed by atoms with Gasteiger partial charge in [0.25, 0.3) is 0 Å². The molecule has 0 atom stereocenters. The summed E-state index contributed by atoms with van der Waals surface area (Å²) < 4.78 is 5.16. The van der Waals surface area contributed by atoms with Crippen molar-refractivity contribution in [3.8, 4) is 5.75 Å². The molecule has 5 nitrogen and oxygen atoms in total. The van der Waals surface area contributed by atoms with E-state index in [0.717, 1.165) is 6.08 Å². The minimum atomic E-state index is -1.02. The van der Waals surface area contributed by atoms with Crippen molar-refractivity contribution in [3.63, 3.8) is 0 Å². The van der Waals surface area contributed by atoms with Crippen LogP contribution in [-0.4, -0.2) is 22.0 Å². The molecule has 0 saturated heterocycles. The van der Waals surface area contributed by atoms with Gasteiger partial charge in [0, 0.05) is 18.5 Å². The van der Waals surface area contributed by atoms with Crippen molar-refractivity contribution in [2.24, 2.45) is 0 Å². The van der Waals surface area contributed by atoms with Crippen molar-refractivity contribution in [2.75, 3.05) is 0 Å². The average Bonchev–Trinajstić information content (AvgIpc) is 2.47. The van der Waals surface area contributed by atoms with E-state index >= 15 is 0 Å². The number of nitrogens with zero attached hydrogens (tertiary/aromatic N) is 1. The summed E-state index contributed by atoms with van der Waals surface area (Å²) in [6, 6.07) is 9.76. The summed E-state index contributed by atoms with van der Waals surface area (Å²) in [5, 5.41) is 8.51. The number of carboxylic acids is 1. The molecule has 0 aliphatic carbocycles. The molecule has 2 aromatic rings. The fourth-order valence-electron chi connectivity index (χ4n) is 1.46. The van der Waals surface area contributed by atoms with Crippen molar-refractivity contribution in [3.05, 3.63) is 66.0 Å². The van der Waals surface area contributed by atoms with E-state index in [1.807, 2.05) is 0 Å². The van der Waals surface area contributed by atoms with Gasteiger partial charge in [0.1, 0.15) is 5.75 Å². The average molecular weight is 269 g/mol. The van der Waals surface area contributed by atoms with Gasteiger partial charge in [-0.3, -0.25) is 4.98 Å². The number of pyridine rings is 1. The smallest absolute Gasteiger partial charge is 0.345 e. The summed E-state index contributed by atoms with van der Waals surface area (Å²) in [4.78, 5) is 26.0. The molecule has 1 aromatic carbocycles. The lowest BCUT2D eigenvalue weighted by Gasteiger charge is -2.04. The molecule has 0 bridgehead atoms. The van der Waals surface area contributed by atoms with Gasteiger partial charge in [-0.2, -0.15) is 0 Å². The Morgan fingerprint density at radius 2 is 1.90 bits per heavy atom.